The van der Waals surface area contributed by atoms with E-state index in [0.29, 0.717) is 5.15 Å². The van der Waals surface area contributed by atoms with Gasteiger partial charge < -0.3 is 0 Å². The average molecular weight is 247 g/mol. The Labute approximate surface area is 107 Å². The van der Waals surface area contributed by atoms with Crippen LogP contribution in [0.15, 0.2) is 36.4 Å². The van der Waals surface area contributed by atoms with Crippen LogP contribution in [-0.4, -0.2) is 9.97 Å². The van der Waals surface area contributed by atoms with Crippen molar-refractivity contribution in [1.82, 2.24) is 9.97 Å². The zero-order valence-electron chi connectivity index (χ0n) is 10.0. The smallest absolute Gasteiger partial charge is 0.133 e. The summed E-state index contributed by atoms with van der Waals surface area (Å²) in [5, 5.41) is 0.516. The Morgan fingerprint density at radius 2 is 1.88 bits per heavy atom. The van der Waals surface area contributed by atoms with Gasteiger partial charge in [0.25, 0.3) is 0 Å². The summed E-state index contributed by atoms with van der Waals surface area (Å²) < 4.78 is 0. The topological polar surface area (TPSA) is 25.8 Å². The van der Waals surface area contributed by atoms with Crippen molar-refractivity contribution in [3.05, 3.63) is 58.6 Å². The number of aryl methyl sites for hydroxylation is 1. The monoisotopic (exact) mass is 246 g/mol. The van der Waals surface area contributed by atoms with Crippen molar-refractivity contribution in [3.63, 3.8) is 0 Å². The zero-order chi connectivity index (χ0) is 12.3. The molecule has 1 atom stereocenters. The van der Waals surface area contributed by atoms with E-state index >= 15 is 0 Å². The fraction of sp³-hybridized carbons (Fsp3) is 0.286. The summed E-state index contributed by atoms with van der Waals surface area (Å²) in [5.41, 5.74) is 2.26. The predicted molar refractivity (Wildman–Crippen MR) is 70.4 cm³/mol. The van der Waals surface area contributed by atoms with Gasteiger partial charge in [-0.1, -0.05) is 48.9 Å². The maximum absolute atomic E-state index is 5.99. The second kappa shape index (κ2) is 5.28. The molecular weight excluding hydrogens is 232 g/mol. The van der Waals surface area contributed by atoms with E-state index in [0.717, 1.165) is 17.9 Å². The number of rotatable bonds is 3. The van der Waals surface area contributed by atoms with Crippen LogP contribution in [0, 0.1) is 6.92 Å². The second-order valence-electron chi connectivity index (χ2n) is 4.03. The van der Waals surface area contributed by atoms with Crippen LogP contribution in [0.1, 0.15) is 36.3 Å². The molecule has 0 spiro atoms. The number of hydrogen-bond donors (Lipinski definition) is 0. The number of aromatic nitrogens is 2. The van der Waals surface area contributed by atoms with Crippen molar-refractivity contribution < 1.29 is 0 Å². The van der Waals surface area contributed by atoms with Crippen molar-refractivity contribution in [1.29, 1.82) is 0 Å². The molecule has 0 saturated heterocycles. The van der Waals surface area contributed by atoms with Crippen molar-refractivity contribution in [2.75, 3.05) is 0 Å². The molecule has 2 aromatic rings. The molecule has 0 fully saturated rings. The fourth-order valence-corrected chi connectivity index (χ4v) is 2.27. The Kier molecular flexibility index (Phi) is 3.75. The number of halogens is 1. The third kappa shape index (κ3) is 2.83. The largest absolute Gasteiger partial charge is 0.238 e. The third-order valence-electron chi connectivity index (χ3n) is 2.79. The van der Waals surface area contributed by atoms with E-state index in [1.807, 2.05) is 31.2 Å². The Hall–Kier alpha value is -1.41. The van der Waals surface area contributed by atoms with Gasteiger partial charge in [0.2, 0.25) is 0 Å². The van der Waals surface area contributed by atoms with Crippen LogP contribution in [0.5, 0.6) is 0 Å². The molecule has 3 heteroatoms. The standard InChI is InChI=1S/C14H15ClN2/c1-3-12(11-7-5-4-6-8-11)13-9-14(15)17-10(2)16-13/h4-9,12H,3H2,1-2H3/t12-/m1/s1. The summed E-state index contributed by atoms with van der Waals surface area (Å²) in [5.74, 6) is 1.01. The number of hydrogen-bond acceptors (Lipinski definition) is 2. The molecule has 0 unspecified atom stereocenters. The van der Waals surface area contributed by atoms with Crippen LogP contribution in [0.25, 0.3) is 0 Å². The second-order valence-corrected chi connectivity index (χ2v) is 4.42. The highest BCUT2D eigenvalue weighted by molar-refractivity contribution is 6.29. The minimum absolute atomic E-state index is 0.287. The van der Waals surface area contributed by atoms with Gasteiger partial charge >= 0.3 is 0 Å². The average Bonchev–Trinajstić information content (AvgIpc) is 2.30. The van der Waals surface area contributed by atoms with Crippen molar-refractivity contribution in [2.45, 2.75) is 26.2 Å². The molecule has 2 nitrogen and oxygen atoms in total. The predicted octanol–water partition coefficient (Wildman–Crippen LogP) is 3.98. The maximum atomic E-state index is 5.99. The van der Waals surface area contributed by atoms with E-state index in [9.17, 15) is 0 Å². The summed E-state index contributed by atoms with van der Waals surface area (Å²) in [7, 11) is 0. The molecule has 1 aromatic carbocycles. The molecule has 0 bridgehead atoms. The lowest BCUT2D eigenvalue weighted by Gasteiger charge is -2.15. The molecule has 0 aliphatic heterocycles. The number of benzene rings is 1. The molecule has 0 saturated carbocycles. The van der Waals surface area contributed by atoms with E-state index in [4.69, 9.17) is 11.6 Å². The third-order valence-corrected chi connectivity index (χ3v) is 2.99. The first-order valence-electron chi connectivity index (χ1n) is 5.76. The van der Waals surface area contributed by atoms with Crippen LogP contribution in [-0.2, 0) is 0 Å². The zero-order valence-corrected chi connectivity index (χ0v) is 10.8. The van der Waals surface area contributed by atoms with Crippen LogP contribution in [0.4, 0.5) is 0 Å². The highest BCUT2D eigenvalue weighted by Crippen LogP contribution is 2.27. The Morgan fingerprint density at radius 3 is 2.47 bits per heavy atom. The van der Waals surface area contributed by atoms with Gasteiger partial charge in [0.1, 0.15) is 11.0 Å². The van der Waals surface area contributed by atoms with Crippen LogP contribution in [0.2, 0.25) is 5.15 Å². The van der Waals surface area contributed by atoms with Gasteiger partial charge in [-0.25, -0.2) is 9.97 Å². The van der Waals surface area contributed by atoms with Gasteiger partial charge in [0.15, 0.2) is 0 Å². The summed E-state index contributed by atoms with van der Waals surface area (Å²) in [6, 6.07) is 12.2. The van der Waals surface area contributed by atoms with Gasteiger partial charge in [-0.05, 0) is 25.0 Å². The fourth-order valence-electron chi connectivity index (χ4n) is 2.03. The van der Waals surface area contributed by atoms with Gasteiger partial charge in [0.05, 0.1) is 5.69 Å². The lowest BCUT2D eigenvalue weighted by Crippen LogP contribution is -2.04. The van der Waals surface area contributed by atoms with E-state index in [1.54, 1.807) is 0 Å². The minimum atomic E-state index is 0.287. The first kappa shape index (κ1) is 12.1. The van der Waals surface area contributed by atoms with Gasteiger partial charge in [-0.15, -0.1) is 0 Å². The van der Waals surface area contributed by atoms with Crippen molar-refractivity contribution in [3.8, 4) is 0 Å². The molecular formula is C14H15ClN2. The van der Waals surface area contributed by atoms with Gasteiger partial charge in [-0.3, -0.25) is 0 Å². The van der Waals surface area contributed by atoms with Crippen LogP contribution < -0.4 is 0 Å². The van der Waals surface area contributed by atoms with E-state index in [1.165, 1.54) is 5.56 Å². The molecule has 0 radical (unpaired) electrons. The Balaban J connectivity index is 2.42. The SMILES string of the molecule is CC[C@H](c1ccccc1)c1cc(Cl)nc(C)n1. The summed E-state index contributed by atoms with van der Waals surface area (Å²) in [4.78, 5) is 8.58. The normalized spacial score (nSPS) is 12.4. The van der Waals surface area contributed by atoms with Gasteiger partial charge in [0, 0.05) is 5.92 Å². The summed E-state index contributed by atoms with van der Waals surface area (Å²) >= 11 is 5.99. The van der Waals surface area contributed by atoms with E-state index in [2.05, 4.69) is 29.0 Å². The minimum Gasteiger partial charge on any atom is -0.238 e. The number of nitrogens with zero attached hydrogens (tertiary/aromatic N) is 2. The molecule has 0 N–H and O–H groups in total. The molecule has 88 valence electrons. The molecule has 1 aromatic heterocycles. The highest BCUT2D eigenvalue weighted by atomic mass is 35.5. The molecule has 0 aliphatic carbocycles. The molecule has 17 heavy (non-hydrogen) atoms. The lowest BCUT2D eigenvalue weighted by molar-refractivity contribution is 0.738. The quantitative estimate of drug-likeness (QED) is 0.766. The Bertz CT molecular complexity index is 477. The molecule has 2 rings (SSSR count). The first-order chi connectivity index (χ1) is 8.20. The van der Waals surface area contributed by atoms with Crippen molar-refractivity contribution >= 4 is 11.6 Å². The van der Waals surface area contributed by atoms with Crippen LogP contribution >= 0.6 is 11.6 Å². The van der Waals surface area contributed by atoms with Gasteiger partial charge in [-0.2, -0.15) is 0 Å². The molecule has 1 heterocycles. The summed E-state index contributed by atoms with van der Waals surface area (Å²) in [6.45, 7) is 4.02. The lowest BCUT2D eigenvalue weighted by atomic mass is 9.93. The Morgan fingerprint density at radius 1 is 1.18 bits per heavy atom. The maximum Gasteiger partial charge on any atom is 0.133 e. The molecule has 0 aliphatic rings. The summed E-state index contributed by atoms with van der Waals surface area (Å²) in [6.07, 6.45) is 0.997. The van der Waals surface area contributed by atoms with Crippen LogP contribution in [0.3, 0.4) is 0 Å². The van der Waals surface area contributed by atoms with Crippen molar-refractivity contribution in [2.24, 2.45) is 0 Å². The highest BCUT2D eigenvalue weighted by Gasteiger charge is 2.14. The van der Waals surface area contributed by atoms with E-state index in [-0.39, 0.29) is 5.92 Å². The van der Waals surface area contributed by atoms with E-state index < -0.39 is 0 Å². The molecule has 0 amide bonds. The first-order valence-corrected chi connectivity index (χ1v) is 6.14.